The van der Waals surface area contributed by atoms with Crippen molar-refractivity contribution < 1.29 is 27.4 Å². The predicted molar refractivity (Wildman–Crippen MR) is 98.0 cm³/mol. The molecule has 0 radical (unpaired) electrons. The lowest BCUT2D eigenvalue weighted by Gasteiger charge is -2.23. The van der Waals surface area contributed by atoms with Crippen LogP contribution in [0.3, 0.4) is 0 Å². The molecule has 2 aliphatic rings. The predicted octanol–water partition coefficient (Wildman–Crippen LogP) is 2.37. The van der Waals surface area contributed by atoms with Gasteiger partial charge < -0.3 is 19.5 Å². The average molecular weight is 390 g/mol. The van der Waals surface area contributed by atoms with Crippen LogP contribution in [0.5, 0.6) is 17.2 Å². The quantitative estimate of drug-likeness (QED) is 0.834. The molecule has 1 amide bonds. The van der Waals surface area contributed by atoms with Gasteiger partial charge in [0.15, 0.2) is 17.6 Å². The number of carbonyl (C=O) groups excluding carboxylic acids is 1. The van der Waals surface area contributed by atoms with Gasteiger partial charge in [-0.3, -0.25) is 9.52 Å². The highest BCUT2D eigenvalue weighted by atomic mass is 32.2. The summed E-state index contributed by atoms with van der Waals surface area (Å²) in [5.74, 6) is 1.12. The van der Waals surface area contributed by atoms with Crippen LogP contribution >= 0.6 is 0 Å². The summed E-state index contributed by atoms with van der Waals surface area (Å²) in [6, 6.07) is 9.17. The van der Waals surface area contributed by atoms with E-state index in [2.05, 4.69) is 10.0 Å². The van der Waals surface area contributed by atoms with Gasteiger partial charge in [0.2, 0.25) is 0 Å². The van der Waals surface area contributed by atoms with E-state index in [0.717, 1.165) is 6.42 Å². The maximum Gasteiger partial charge on any atom is 0.265 e. The van der Waals surface area contributed by atoms with Gasteiger partial charge in [0.1, 0.15) is 5.75 Å². The largest absolute Gasteiger partial charge is 0.490 e. The molecule has 1 unspecified atom stereocenters. The van der Waals surface area contributed by atoms with Gasteiger partial charge in [-0.2, -0.15) is 0 Å². The lowest BCUT2D eigenvalue weighted by Crippen LogP contribution is -2.34. The van der Waals surface area contributed by atoms with Crippen molar-refractivity contribution in [2.45, 2.75) is 24.3 Å². The van der Waals surface area contributed by atoms with Crippen LogP contribution in [-0.2, 0) is 14.8 Å². The Kier molecular flexibility index (Phi) is 4.31. The fraction of sp³-hybridized carbons (Fsp3) is 0.278. The molecule has 0 aliphatic carbocycles. The standard InChI is InChI=1S/C18H18N2O6S/c1-11-18(21)19-14-9-12(3-5-15(14)26-11)20-27(22,23)13-4-6-16-17(10-13)25-8-2-7-24-16/h3-6,9-11,20H,2,7-8H2,1H3,(H,19,21). The SMILES string of the molecule is CC1Oc2ccc(NS(=O)(=O)c3ccc4c(c3)OCCCO4)cc2NC1=O. The first-order valence-corrected chi connectivity index (χ1v) is 9.95. The van der Waals surface area contributed by atoms with Crippen molar-refractivity contribution in [2.24, 2.45) is 0 Å². The minimum absolute atomic E-state index is 0.0541. The van der Waals surface area contributed by atoms with Gasteiger partial charge in [-0.15, -0.1) is 0 Å². The molecule has 0 fully saturated rings. The summed E-state index contributed by atoms with van der Waals surface area (Å²) >= 11 is 0. The van der Waals surface area contributed by atoms with E-state index in [1.54, 1.807) is 25.1 Å². The van der Waals surface area contributed by atoms with Crippen molar-refractivity contribution in [2.75, 3.05) is 23.3 Å². The average Bonchev–Trinajstić information content (AvgIpc) is 2.87. The van der Waals surface area contributed by atoms with E-state index < -0.39 is 16.1 Å². The van der Waals surface area contributed by atoms with E-state index in [0.29, 0.717) is 41.8 Å². The number of rotatable bonds is 3. The van der Waals surface area contributed by atoms with Crippen molar-refractivity contribution in [1.29, 1.82) is 0 Å². The van der Waals surface area contributed by atoms with Crippen molar-refractivity contribution >= 4 is 27.3 Å². The third-order valence-corrected chi connectivity index (χ3v) is 5.57. The van der Waals surface area contributed by atoms with Crippen LogP contribution in [0.4, 0.5) is 11.4 Å². The Morgan fingerprint density at radius 1 is 1.04 bits per heavy atom. The molecular weight excluding hydrogens is 372 g/mol. The molecule has 27 heavy (non-hydrogen) atoms. The molecule has 2 aliphatic heterocycles. The number of anilines is 2. The maximum absolute atomic E-state index is 12.7. The Hall–Kier alpha value is -2.94. The fourth-order valence-corrected chi connectivity index (χ4v) is 3.86. The molecule has 0 bridgehead atoms. The van der Waals surface area contributed by atoms with Crippen LogP contribution in [0.2, 0.25) is 0 Å². The van der Waals surface area contributed by atoms with Crippen molar-refractivity contribution in [3.8, 4) is 17.2 Å². The molecule has 0 saturated carbocycles. The Labute approximate surface area is 156 Å². The lowest BCUT2D eigenvalue weighted by molar-refractivity contribution is -0.122. The van der Waals surface area contributed by atoms with Gasteiger partial charge in [-0.25, -0.2) is 8.42 Å². The molecule has 0 spiro atoms. The zero-order valence-electron chi connectivity index (χ0n) is 14.5. The minimum atomic E-state index is -3.85. The number of amides is 1. The number of nitrogens with one attached hydrogen (secondary N) is 2. The van der Waals surface area contributed by atoms with Gasteiger partial charge in [0.25, 0.3) is 15.9 Å². The topological polar surface area (TPSA) is 103 Å². The molecule has 2 aromatic carbocycles. The number of ether oxygens (including phenoxy) is 3. The first-order valence-electron chi connectivity index (χ1n) is 8.46. The van der Waals surface area contributed by atoms with E-state index in [1.165, 1.54) is 18.2 Å². The van der Waals surface area contributed by atoms with E-state index in [9.17, 15) is 13.2 Å². The summed E-state index contributed by atoms with van der Waals surface area (Å²) in [5.41, 5.74) is 0.719. The second-order valence-electron chi connectivity index (χ2n) is 6.22. The third kappa shape index (κ3) is 3.50. The van der Waals surface area contributed by atoms with Crippen molar-refractivity contribution in [3.05, 3.63) is 36.4 Å². The van der Waals surface area contributed by atoms with Crippen LogP contribution in [0, 0.1) is 0 Å². The molecule has 1 atom stereocenters. The number of carbonyl (C=O) groups is 1. The summed E-state index contributed by atoms with van der Waals surface area (Å²) in [6.07, 6.45) is 0.137. The van der Waals surface area contributed by atoms with E-state index in [1.807, 2.05) is 0 Å². The summed E-state index contributed by atoms with van der Waals surface area (Å²) in [7, 11) is -3.85. The molecule has 0 saturated heterocycles. The molecule has 2 N–H and O–H groups in total. The van der Waals surface area contributed by atoms with E-state index in [-0.39, 0.29) is 10.8 Å². The fourth-order valence-electron chi connectivity index (χ4n) is 2.80. The van der Waals surface area contributed by atoms with Crippen LogP contribution < -0.4 is 24.2 Å². The smallest absolute Gasteiger partial charge is 0.265 e. The molecule has 2 aromatic rings. The van der Waals surface area contributed by atoms with Crippen molar-refractivity contribution in [1.82, 2.24) is 0 Å². The van der Waals surface area contributed by atoms with Gasteiger partial charge in [-0.05, 0) is 37.3 Å². The first-order chi connectivity index (χ1) is 12.9. The van der Waals surface area contributed by atoms with E-state index in [4.69, 9.17) is 14.2 Å². The van der Waals surface area contributed by atoms with Crippen LogP contribution in [0.1, 0.15) is 13.3 Å². The Morgan fingerprint density at radius 2 is 1.78 bits per heavy atom. The van der Waals surface area contributed by atoms with Crippen LogP contribution in [0.15, 0.2) is 41.3 Å². The first kappa shape index (κ1) is 17.5. The highest BCUT2D eigenvalue weighted by molar-refractivity contribution is 7.92. The highest BCUT2D eigenvalue weighted by Crippen LogP contribution is 2.35. The van der Waals surface area contributed by atoms with Gasteiger partial charge in [0.05, 0.1) is 29.5 Å². The third-order valence-electron chi connectivity index (χ3n) is 4.19. The number of benzene rings is 2. The second kappa shape index (κ2) is 6.66. The number of sulfonamides is 1. The molecule has 142 valence electrons. The summed E-state index contributed by atoms with van der Waals surface area (Å²) < 4.78 is 44.5. The number of hydrogen-bond donors (Lipinski definition) is 2. The molecule has 4 rings (SSSR count). The zero-order chi connectivity index (χ0) is 19.0. The molecular formula is C18H18N2O6S. The maximum atomic E-state index is 12.7. The summed E-state index contributed by atoms with van der Waals surface area (Å²) in [6.45, 7) is 2.63. The lowest BCUT2D eigenvalue weighted by atomic mass is 10.2. The minimum Gasteiger partial charge on any atom is -0.490 e. The van der Waals surface area contributed by atoms with Gasteiger partial charge in [-0.1, -0.05) is 0 Å². The Morgan fingerprint density at radius 3 is 2.59 bits per heavy atom. The molecule has 9 heteroatoms. The molecule has 2 heterocycles. The molecule has 8 nitrogen and oxygen atoms in total. The Bertz CT molecular complexity index is 1000. The summed E-state index contributed by atoms with van der Waals surface area (Å²) in [4.78, 5) is 11.8. The molecule has 0 aromatic heterocycles. The monoisotopic (exact) mass is 390 g/mol. The number of fused-ring (bicyclic) bond motifs is 2. The van der Waals surface area contributed by atoms with Crippen LogP contribution in [0.25, 0.3) is 0 Å². The van der Waals surface area contributed by atoms with E-state index >= 15 is 0 Å². The Balaban J connectivity index is 1.60. The van der Waals surface area contributed by atoms with Gasteiger partial charge in [0, 0.05) is 12.5 Å². The highest BCUT2D eigenvalue weighted by Gasteiger charge is 2.25. The number of hydrogen-bond acceptors (Lipinski definition) is 6. The van der Waals surface area contributed by atoms with Crippen LogP contribution in [-0.4, -0.2) is 33.6 Å². The normalized spacial score (nSPS) is 18.6. The van der Waals surface area contributed by atoms with Crippen molar-refractivity contribution in [3.63, 3.8) is 0 Å². The zero-order valence-corrected chi connectivity index (χ0v) is 15.3. The second-order valence-corrected chi connectivity index (χ2v) is 7.91. The van der Waals surface area contributed by atoms with Gasteiger partial charge >= 0.3 is 0 Å². The summed E-state index contributed by atoms with van der Waals surface area (Å²) in [5, 5.41) is 2.69.